The highest BCUT2D eigenvalue weighted by atomic mass is 35.5. The summed E-state index contributed by atoms with van der Waals surface area (Å²) in [5.74, 6) is -0.425. The van der Waals surface area contributed by atoms with Gasteiger partial charge in [-0.25, -0.2) is 9.07 Å². The number of hydrogen-bond acceptors (Lipinski definition) is 2. The molecule has 4 nitrogen and oxygen atoms in total. The molecule has 1 aliphatic rings. The second kappa shape index (κ2) is 7.56. The minimum atomic E-state index is -0.425. The number of aromatic amines is 1. The van der Waals surface area contributed by atoms with Crippen molar-refractivity contribution in [3.05, 3.63) is 69.8 Å². The summed E-state index contributed by atoms with van der Waals surface area (Å²) in [5, 5.41) is 9.56. The van der Waals surface area contributed by atoms with Gasteiger partial charge in [-0.2, -0.15) is 5.10 Å². The van der Waals surface area contributed by atoms with Crippen LogP contribution in [0, 0.1) is 5.82 Å². The van der Waals surface area contributed by atoms with Crippen LogP contribution >= 0.6 is 11.6 Å². The maximum atomic E-state index is 14.8. The second-order valence-electron chi connectivity index (χ2n) is 7.73. The predicted octanol–water partition coefficient (Wildman–Crippen LogP) is 5.58. The zero-order valence-corrected chi connectivity index (χ0v) is 17.9. The van der Waals surface area contributed by atoms with Gasteiger partial charge in [-0.15, -0.1) is 0 Å². The van der Waals surface area contributed by atoms with Crippen molar-refractivity contribution in [1.29, 1.82) is 0 Å². The average Bonchev–Trinajstić information content (AvgIpc) is 3.41. The Kier molecular flexibility index (Phi) is 4.88. The normalized spacial score (nSPS) is 13.7. The topological polar surface area (TPSA) is 45.6 Å². The molecule has 30 heavy (non-hydrogen) atoms. The van der Waals surface area contributed by atoms with E-state index in [1.165, 1.54) is 11.1 Å². The third-order valence-electron chi connectivity index (χ3n) is 6.08. The van der Waals surface area contributed by atoms with E-state index in [9.17, 15) is 4.39 Å². The summed E-state index contributed by atoms with van der Waals surface area (Å²) in [6, 6.07) is 9.94. The summed E-state index contributed by atoms with van der Waals surface area (Å²) in [7, 11) is 0. The van der Waals surface area contributed by atoms with E-state index < -0.39 is 5.82 Å². The first-order valence-corrected chi connectivity index (χ1v) is 10.9. The summed E-state index contributed by atoms with van der Waals surface area (Å²) >= 11 is 6.26. The molecule has 0 radical (unpaired) electrons. The molecule has 2 aromatic heterocycles. The van der Waals surface area contributed by atoms with E-state index >= 15 is 0 Å². The van der Waals surface area contributed by atoms with Crippen LogP contribution in [0.4, 0.5) is 4.39 Å². The molecular weight excluding hydrogens is 399 g/mol. The molecule has 1 aliphatic heterocycles. The Balaban J connectivity index is 1.89. The van der Waals surface area contributed by atoms with Crippen LogP contribution in [0.25, 0.3) is 27.8 Å². The van der Waals surface area contributed by atoms with E-state index in [0.717, 1.165) is 65.9 Å². The number of aryl methyl sites for hydroxylation is 2. The van der Waals surface area contributed by atoms with Crippen LogP contribution in [0.2, 0.25) is 5.02 Å². The fraction of sp³-hybridized carbons (Fsp3) is 0.292. The van der Waals surface area contributed by atoms with Gasteiger partial charge < -0.3 is 10.3 Å². The van der Waals surface area contributed by atoms with E-state index in [1.807, 2.05) is 12.3 Å². The summed E-state index contributed by atoms with van der Waals surface area (Å²) in [6.45, 7) is 5.94. The number of hydrogen-bond donors (Lipinski definition) is 2. The minimum Gasteiger partial charge on any atom is -0.360 e. The molecule has 2 N–H and O–H groups in total. The molecule has 5 rings (SSSR count). The van der Waals surface area contributed by atoms with E-state index in [4.69, 9.17) is 16.7 Å². The van der Waals surface area contributed by atoms with Crippen molar-refractivity contribution in [2.75, 3.05) is 6.54 Å². The maximum absolute atomic E-state index is 14.8. The first-order valence-electron chi connectivity index (χ1n) is 10.5. The van der Waals surface area contributed by atoms with Crippen molar-refractivity contribution >= 4 is 22.5 Å². The molecule has 0 amide bonds. The first kappa shape index (κ1) is 19.3. The molecule has 4 aromatic rings. The molecule has 154 valence electrons. The van der Waals surface area contributed by atoms with Crippen LogP contribution in [-0.2, 0) is 25.8 Å². The average molecular weight is 423 g/mol. The van der Waals surface area contributed by atoms with Crippen molar-refractivity contribution in [3.63, 3.8) is 0 Å². The van der Waals surface area contributed by atoms with Gasteiger partial charge in [-0.05, 0) is 36.1 Å². The smallest absolute Gasteiger partial charge is 0.144 e. The van der Waals surface area contributed by atoms with Crippen molar-refractivity contribution in [3.8, 4) is 16.9 Å². The van der Waals surface area contributed by atoms with Crippen LogP contribution in [0.15, 0.2) is 36.5 Å². The van der Waals surface area contributed by atoms with Crippen LogP contribution in [0.1, 0.15) is 36.2 Å². The molecule has 0 bridgehead atoms. The Morgan fingerprint density at radius 2 is 1.93 bits per heavy atom. The third-order valence-corrected chi connectivity index (χ3v) is 6.45. The van der Waals surface area contributed by atoms with Crippen LogP contribution in [0.3, 0.4) is 0 Å². The number of nitrogens with one attached hydrogen (secondary N) is 2. The molecule has 0 fully saturated rings. The van der Waals surface area contributed by atoms with Gasteiger partial charge in [0.15, 0.2) is 0 Å². The molecule has 0 saturated carbocycles. The van der Waals surface area contributed by atoms with Gasteiger partial charge >= 0.3 is 0 Å². The molecular formula is C24H24ClFN4. The first-order chi connectivity index (χ1) is 14.6. The Morgan fingerprint density at radius 3 is 2.67 bits per heavy atom. The second-order valence-corrected chi connectivity index (χ2v) is 8.11. The highest BCUT2D eigenvalue weighted by Gasteiger charge is 2.27. The lowest BCUT2D eigenvalue weighted by Crippen LogP contribution is -2.23. The van der Waals surface area contributed by atoms with Gasteiger partial charge in [-0.1, -0.05) is 43.6 Å². The number of para-hydroxylation sites is 1. The number of aromatic nitrogens is 3. The fourth-order valence-electron chi connectivity index (χ4n) is 4.59. The molecule has 0 aliphatic carbocycles. The number of nitrogens with zero attached hydrogens (tertiary/aromatic N) is 2. The monoisotopic (exact) mass is 422 g/mol. The largest absolute Gasteiger partial charge is 0.360 e. The highest BCUT2D eigenvalue weighted by molar-refractivity contribution is 6.35. The van der Waals surface area contributed by atoms with Gasteiger partial charge in [0, 0.05) is 42.2 Å². The lowest BCUT2D eigenvalue weighted by atomic mass is 9.98. The zero-order chi connectivity index (χ0) is 20.8. The number of rotatable bonds is 4. The summed E-state index contributed by atoms with van der Waals surface area (Å²) < 4.78 is 16.9. The standard InChI is InChI=1S/C24H24ClFN4/c1-3-14-6-5-7-15(4-2)23(14)30-24(18-13-27-10-9-20(18)29-30)17-12-19(26)21(25)22-16(17)8-11-28-22/h5-8,11-12,27-28H,3-4,9-10,13H2,1-2H3. The van der Waals surface area contributed by atoms with Gasteiger partial charge in [0.25, 0.3) is 0 Å². The molecule has 3 heterocycles. The van der Waals surface area contributed by atoms with E-state index in [0.29, 0.717) is 5.52 Å². The van der Waals surface area contributed by atoms with Crippen molar-refractivity contribution in [2.24, 2.45) is 0 Å². The molecule has 0 spiro atoms. The van der Waals surface area contributed by atoms with Gasteiger partial charge in [0.05, 0.1) is 22.6 Å². The summed E-state index contributed by atoms with van der Waals surface area (Å²) in [5.41, 5.74) is 8.20. The minimum absolute atomic E-state index is 0.125. The molecule has 6 heteroatoms. The number of halogens is 2. The quantitative estimate of drug-likeness (QED) is 0.450. The molecule has 0 atom stereocenters. The molecule has 2 aromatic carbocycles. The lowest BCUT2D eigenvalue weighted by molar-refractivity contribution is 0.629. The predicted molar refractivity (Wildman–Crippen MR) is 120 cm³/mol. The number of H-pyrrole nitrogens is 1. The van der Waals surface area contributed by atoms with Crippen molar-refractivity contribution in [2.45, 2.75) is 39.7 Å². The SMILES string of the molecule is CCc1cccc(CC)c1-n1nc2c(c1-c1cc(F)c(Cl)c3[nH]ccc13)CNCC2. The van der Waals surface area contributed by atoms with Gasteiger partial charge in [0.1, 0.15) is 10.8 Å². The van der Waals surface area contributed by atoms with Crippen molar-refractivity contribution in [1.82, 2.24) is 20.1 Å². The lowest BCUT2D eigenvalue weighted by Gasteiger charge is -2.18. The maximum Gasteiger partial charge on any atom is 0.144 e. The Morgan fingerprint density at radius 1 is 1.17 bits per heavy atom. The number of fused-ring (bicyclic) bond motifs is 2. The number of benzene rings is 2. The van der Waals surface area contributed by atoms with Gasteiger partial charge in [0.2, 0.25) is 0 Å². The van der Waals surface area contributed by atoms with Crippen LogP contribution < -0.4 is 5.32 Å². The van der Waals surface area contributed by atoms with E-state index in [1.54, 1.807) is 6.07 Å². The fourth-order valence-corrected chi connectivity index (χ4v) is 4.80. The Hall–Kier alpha value is -2.63. The van der Waals surface area contributed by atoms with Crippen LogP contribution in [-0.4, -0.2) is 21.3 Å². The Bertz CT molecular complexity index is 1230. The third kappa shape index (κ3) is 2.88. The summed E-state index contributed by atoms with van der Waals surface area (Å²) in [4.78, 5) is 3.10. The van der Waals surface area contributed by atoms with Crippen LogP contribution in [0.5, 0.6) is 0 Å². The van der Waals surface area contributed by atoms with Gasteiger partial charge in [-0.3, -0.25) is 0 Å². The molecule has 0 saturated heterocycles. The van der Waals surface area contributed by atoms with Crippen molar-refractivity contribution < 1.29 is 4.39 Å². The highest BCUT2D eigenvalue weighted by Crippen LogP contribution is 2.39. The van der Waals surface area contributed by atoms with E-state index in [-0.39, 0.29) is 5.02 Å². The zero-order valence-electron chi connectivity index (χ0n) is 17.1. The summed E-state index contributed by atoms with van der Waals surface area (Å²) in [6.07, 6.45) is 4.47. The van der Waals surface area contributed by atoms with E-state index in [2.05, 4.69) is 47.0 Å². The Labute approximate surface area is 180 Å². The molecule has 0 unspecified atom stereocenters.